The van der Waals surface area contributed by atoms with E-state index in [1.165, 1.54) is 0 Å². The van der Waals surface area contributed by atoms with Crippen LogP contribution >= 0.6 is 0 Å². The van der Waals surface area contributed by atoms with Crippen molar-refractivity contribution in [2.24, 2.45) is 0 Å². The second kappa shape index (κ2) is 5.63. The molecule has 0 bridgehead atoms. The Kier molecular flexibility index (Phi) is 3.69. The van der Waals surface area contributed by atoms with E-state index < -0.39 is 0 Å². The number of piperidine rings is 1. The molecular formula is C15H19N3O2. The molecule has 1 saturated heterocycles. The molecule has 0 spiro atoms. The molecule has 1 aromatic heterocycles. The Labute approximate surface area is 118 Å². The lowest BCUT2D eigenvalue weighted by atomic mass is 9.91. The predicted octanol–water partition coefficient (Wildman–Crippen LogP) is 2.11. The van der Waals surface area contributed by atoms with E-state index in [1.54, 1.807) is 14.2 Å². The lowest BCUT2D eigenvalue weighted by molar-refractivity contribution is 0.374. The maximum Gasteiger partial charge on any atom is 0.316 e. The maximum atomic E-state index is 5.50. The SMILES string of the molecule is COc1nc(C2CCNCC2)c2c(OC)cccc2n1. The smallest absolute Gasteiger partial charge is 0.316 e. The quantitative estimate of drug-likeness (QED) is 0.928. The minimum absolute atomic E-state index is 0.423. The molecule has 1 N–H and O–H groups in total. The Morgan fingerprint density at radius 1 is 1.10 bits per heavy atom. The van der Waals surface area contributed by atoms with E-state index in [9.17, 15) is 0 Å². The number of nitrogens with zero attached hydrogens (tertiary/aromatic N) is 2. The minimum Gasteiger partial charge on any atom is -0.496 e. The number of hydrogen-bond donors (Lipinski definition) is 1. The van der Waals surface area contributed by atoms with Gasteiger partial charge in [0.05, 0.1) is 30.8 Å². The highest BCUT2D eigenvalue weighted by Crippen LogP contribution is 2.35. The van der Waals surface area contributed by atoms with Crippen LogP contribution in [0.25, 0.3) is 10.9 Å². The van der Waals surface area contributed by atoms with Gasteiger partial charge in [0.15, 0.2) is 0 Å². The molecule has 0 saturated carbocycles. The molecule has 5 heteroatoms. The number of nitrogens with one attached hydrogen (secondary N) is 1. The van der Waals surface area contributed by atoms with Crippen molar-refractivity contribution in [2.75, 3.05) is 27.3 Å². The van der Waals surface area contributed by atoms with Gasteiger partial charge in [0.1, 0.15) is 5.75 Å². The molecule has 3 rings (SSSR count). The average Bonchev–Trinajstić information content (AvgIpc) is 2.53. The van der Waals surface area contributed by atoms with Gasteiger partial charge in [0, 0.05) is 5.92 Å². The number of ether oxygens (including phenoxy) is 2. The molecule has 2 aromatic rings. The van der Waals surface area contributed by atoms with Gasteiger partial charge in [-0.05, 0) is 38.1 Å². The lowest BCUT2D eigenvalue weighted by Gasteiger charge is -2.24. The second-order valence-corrected chi connectivity index (χ2v) is 4.97. The monoisotopic (exact) mass is 273 g/mol. The van der Waals surface area contributed by atoms with Crippen molar-refractivity contribution < 1.29 is 9.47 Å². The van der Waals surface area contributed by atoms with E-state index in [4.69, 9.17) is 9.47 Å². The van der Waals surface area contributed by atoms with E-state index in [-0.39, 0.29) is 0 Å². The molecular weight excluding hydrogens is 254 g/mol. The third kappa shape index (κ3) is 2.29. The molecule has 1 aromatic carbocycles. The van der Waals surface area contributed by atoms with Crippen LogP contribution in [0.2, 0.25) is 0 Å². The molecule has 0 atom stereocenters. The van der Waals surface area contributed by atoms with Crippen LogP contribution in [0.3, 0.4) is 0 Å². The summed E-state index contributed by atoms with van der Waals surface area (Å²) < 4.78 is 10.7. The molecule has 20 heavy (non-hydrogen) atoms. The normalized spacial score (nSPS) is 16.3. The molecule has 1 aliphatic heterocycles. The molecule has 1 aliphatic rings. The van der Waals surface area contributed by atoms with Crippen molar-refractivity contribution in [1.29, 1.82) is 0 Å². The van der Waals surface area contributed by atoms with E-state index in [1.807, 2.05) is 18.2 Å². The number of methoxy groups -OCH3 is 2. The summed E-state index contributed by atoms with van der Waals surface area (Å²) in [6.07, 6.45) is 2.15. The highest BCUT2D eigenvalue weighted by atomic mass is 16.5. The van der Waals surface area contributed by atoms with Crippen LogP contribution in [0, 0.1) is 0 Å². The van der Waals surface area contributed by atoms with Gasteiger partial charge in [-0.3, -0.25) is 0 Å². The standard InChI is InChI=1S/C15H19N3O2/c1-19-12-5-3-4-11-13(12)14(18-15(17-11)20-2)10-6-8-16-9-7-10/h3-5,10,16H,6-9H2,1-2H3. The summed E-state index contributed by atoms with van der Waals surface area (Å²) in [5.41, 5.74) is 1.93. The Hall–Kier alpha value is -1.88. The van der Waals surface area contributed by atoms with Crippen molar-refractivity contribution in [3.05, 3.63) is 23.9 Å². The van der Waals surface area contributed by atoms with Crippen LogP contribution in [-0.4, -0.2) is 37.3 Å². The zero-order valence-electron chi connectivity index (χ0n) is 11.8. The second-order valence-electron chi connectivity index (χ2n) is 4.97. The largest absolute Gasteiger partial charge is 0.496 e. The van der Waals surface area contributed by atoms with Crippen LogP contribution in [0.15, 0.2) is 18.2 Å². The van der Waals surface area contributed by atoms with Gasteiger partial charge in [-0.2, -0.15) is 9.97 Å². The first kappa shape index (κ1) is 13.1. The van der Waals surface area contributed by atoms with Crippen molar-refractivity contribution in [3.63, 3.8) is 0 Å². The van der Waals surface area contributed by atoms with Gasteiger partial charge in [-0.1, -0.05) is 6.07 Å². The van der Waals surface area contributed by atoms with Gasteiger partial charge in [-0.15, -0.1) is 0 Å². The van der Waals surface area contributed by atoms with Crippen LogP contribution in [0.1, 0.15) is 24.5 Å². The van der Waals surface area contributed by atoms with Crippen molar-refractivity contribution in [2.45, 2.75) is 18.8 Å². The Balaban J connectivity index is 2.20. The fourth-order valence-corrected chi connectivity index (χ4v) is 2.81. The number of hydrogen-bond acceptors (Lipinski definition) is 5. The Bertz CT molecular complexity index is 609. The predicted molar refractivity (Wildman–Crippen MR) is 77.5 cm³/mol. The number of fused-ring (bicyclic) bond motifs is 1. The molecule has 5 nitrogen and oxygen atoms in total. The average molecular weight is 273 g/mol. The van der Waals surface area contributed by atoms with Crippen molar-refractivity contribution >= 4 is 10.9 Å². The van der Waals surface area contributed by atoms with Gasteiger partial charge >= 0.3 is 6.01 Å². The van der Waals surface area contributed by atoms with Gasteiger partial charge in [0.25, 0.3) is 0 Å². The topological polar surface area (TPSA) is 56.3 Å². The first-order chi connectivity index (χ1) is 9.83. The number of aromatic nitrogens is 2. The van der Waals surface area contributed by atoms with Gasteiger partial charge in [-0.25, -0.2) is 0 Å². The third-order valence-corrected chi connectivity index (χ3v) is 3.82. The summed E-state index contributed by atoms with van der Waals surface area (Å²) in [5, 5.41) is 4.40. The summed E-state index contributed by atoms with van der Waals surface area (Å²) in [5.74, 6) is 1.26. The van der Waals surface area contributed by atoms with Crippen LogP contribution in [0.5, 0.6) is 11.8 Å². The summed E-state index contributed by atoms with van der Waals surface area (Å²) >= 11 is 0. The van der Waals surface area contributed by atoms with Gasteiger partial charge in [0.2, 0.25) is 0 Å². The first-order valence-electron chi connectivity index (χ1n) is 6.93. The van der Waals surface area contributed by atoms with E-state index in [0.29, 0.717) is 11.9 Å². The van der Waals surface area contributed by atoms with E-state index >= 15 is 0 Å². The first-order valence-corrected chi connectivity index (χ1v) is 6.93. The van der Waals surface area contributed by atoms with Crippen molar-refractivity contribution in [3.8, 4) is 11.8 Å². The van der Waals surface area contributed by atoms with Gasteiger partial charge < -0.3 is 14.8 Å². The van der Waals surface area contributed by atoms with E-state index in [0.717, 1.165) is 48.3 Å². The molecule has 0 amide bonds. The molecule has 1 fully saturated rings. The summed E-state index contributed by atoms with van der Waals surface area (Å²) in [6, 6.07) is 6.31. The summed E-state index contributed by atoms with van der Waals surface area (Å²) in [4.78, 5) is 9.04. The molecule has 2 heterocycles. The molecule has 106 valence electrons. The maximum absolute atomic E-state index is 5.50. The number of rotatable bonds is 3. The van der Waals surface area contributed by atoms with Crippen LogP contribution < -0.4 is 14.8 Å². The fourth-order valence-electron chi connectivity index (χ4n) is 2.81. The minimum atomic E-state index is 0.423. The lowest BCUT2D eigenvalue weighted by Crippen LogP contribution is -2.27. The zero-order valence-corrected chi connectivity index (χ0v) is 11.8. The third-order valence-electron chi connectivity index (χ3n) is 3.82. The van der Waals surface area contributed by atoms with Crippen LogP contribution in [0.4, 0.5) is 0 Å². The highest BCUT2D eigenvalue weighted by Gasteiger charge is 2.22. The Morgan fingerprint density at radius 2 is 1.90 bits per heavy atom. The van der Waals surface area contributed by atoms with Crippen LogP contribution in [-0.2, 0) is 0 Å². The summed E-state index contributed by atoms with van der Waals surface area (Å²) in [6.45, 7) is 2.04. The fraction of sp³-hybridized carbons (Fsp3) is 0.467. The highest BCUT2D eigenvalue weighted by molar-refractivity contribution is 5.88. The zero-order chi connectivity index (χ0) is 13.9. The van der Waals surface area contributed by atoms with Crippen molar-refractivity contribution in [1.82, 2.24) is 15.3 Å². The molecule has 0 aliphatic carbocycles. The molecule has 0 radical (unpaired) electrons. The number of benzene rings is 1. The summed E-state index contributed by atoms with van der Waals surface area (Å²) in [7, 11) is 3.29. The Morgan fingerprint density at radius 3 is 2.60 bits per heavy atom. The molecule has 0 unspecified atom stereocenters. The van der Waals surface area contributed by atoms with E-state index in [2.05, 4.69) is 15.3 Å².